The van der Waals surface area contributed by atoms with Gasteiger partial charge in [-0.05, 0) is 48.9 Å². The lowest BCUT2D eigenvalue weighted by molar-refractivity contribution is -0.135. The highest BCUT2D eigenvalue weighted by Gasteiger charge is 2.33. The van der Waals surface area contributed by atoms with Crippen LogP contribution < -0.4 is 20.7 Å². The highest BCUT2D eigenvalue weighted by Crippen LogP contribution is 2.42. The molecule has 0 bridgehead atoms. The second-order valence-corrected chi connectivity index (χ2v) is 7.34. The predicted molar refractivity (Wildman–Crippen MR) is 110 cm³/mol. The van der Waals surface area contributed by atoms with E-state index in [4.69, 9.17) is 13.9 Å². The minimum absolute atomic E-state index is 0.0394. The number of esters is 1. The molecular weight excluding hydrogens is 386 g/mol. The largest absolute Gasteiger partial charge is 0.497 e. The van der Waals surface area contributed by atoms with Gasteiger partial charge in [-0.25, -0.2) is 4.79 Å². The highest BCUT2D eigenvalue weighted by atomic mass is 16.5. The lowest BCUT2D eigenvalue weighted by Crippen LogP contribution is -2.26. The van der Waals surface area contributed by atoms with Gasteiger partial charge in [0, 0.05) is 39.4 Å². The first-order chi connectivity index (χ1) is 14.4. The van der Waals surface area contributed by atoms with Gasteiger partial charge >= 0.3 is 11.6 Å². The number of methoxy groups -OCH3 is 1. The van der Waals surface area contributed by atoms with Crippen molar-refractivity contribution in [3.63, 3.8) is 0 Å². The van der Waals surface area contributed by atoms with Crippen molar-refractivity contribution in [1.29, 1.82) is 0 Å². The van der Waals surface area contributed by atoms with Crippen LogP contribution >= 0.6 is 0 Å². The molecule has 0 aliphatic carbocycles. The zero-order valence-corrected chi connectivity index (χ0v) is 16.3. The minimum atomic E-state index is -0.616. The number of benzene rings is 2. The average molecular weight is 403 g/mol. The molecule has 2 aromatic heterocycles. The Labute approximate surface area is 169 Å². The molecule has 7 heteroatoms. The van der Waals surface area contributed by atoms with Crippen molar-refractivity contribution in [2.75, 3.05) is 7.11 Å². The van der Waals surface area contributed by atoms with Crippen molar-refractivity contribution in [2.24, 2.45) is 0 Å². The Balaban J connectivity index is 1.82. The van der Waals surface area contributed by atoms with E-state index >= 15 is 0 Å². The minimum Gasteiger partial charge on any atom is -0.497 e. The van der Waals surface area contributed by atoms with Crippen LogP contribution in [-0.2, 0) is 4.79 Å². The van der Waals surface area contributed by atoms with E-state index in [-0.39, 0.29) is 12.0 Å². The molecule has 5 rings (SSSR count). The molecule has 0 amide bonds. The summed E-state index contributed by atoms with van der Waals surface area (Å²) >= 11 is 0. The zero-order valence-electron chi connectivity index (χ0n) is 16.3. The lowest BCUT2D eigenvalue weighted by atomic mass is 9.85. The monoisotopic (exact) mass is 403 g/mol. The zero-order chi connectivity index (χ0) is 21.0. The fourth-order valence-corrected chi connectivity index (χ4v) is 4.09. The summed E-state index contributed by atoms with van der Waals surface area (Å²) in [5, 5.41) is 1.50. The number of nitrogens with one attached hydrogen (secondary N) is 1. The number of rotatable bonds is 2. The van der Waals surface area contributed by atoms with E-state index < -0.39 is 17.5 Å². The standard InChI is InChI=1S/C23H17NO6/c1-11-7-19(25)30-22-14(11)4-6-18-21(22)15(10-20(26)29-18)16-9-12-8-13(28-2)3-5-17(12)24-23(16)27/h3-9,15H,10H2,1-2H3,(H,24,27)/t15-/m1/s1. The molecule has 4 aromatic rings. The van der Waals surface area contributed by atoms with Gasteiger partial charge in [-0.1, -0.05) is 0 Å². The van der Waals surface area contributed by atoms with Gasteiger partial charge in [0.15, 0.2) is 0 Å². The molecule has 2 aromatic carbocycles. The number of fused-ring (bicyclic) bond motifs is 4. The molecule has 150 valence electrons. The van der Waals surface area contributed by atoms with Crippen LogP contribution in [0.2, 0.25) is 0 Å². The van der Waals surface area contributed by atoms with Crippen molar-refractivity contribution in [1.82, 2.24) is 4.98 Å². The van der Waals surface area contributed by atoms with E-state index in [1.165, 1.54) is 6.07 Å². The number of hydrogen-bond acceptors (Lipinski definition) is 6. The van der Waals surface area contributed by atoms with Crippen LogP contribution in [0.5, 0.6) is 11.5 Å². The summed E-state index contributed by atoms with van der Waals surface area (Å²) in [5.74, 6) is -0.125. The Hall–Kier alpha value is -3.87. The van der Waals surface area contributed by atoms with E-state index in [0.717, 1.165) is 16.3 Å². The molecule has 0 radical (unpaired) electrons. The van der Waals surface area contributed by atoms with Crippen LogP contribution in [0.1, 0.15) is 29.0 Å². The van der Waals surface area contributed by atoms with Crippen LogP contribution in [0.25, 0.3) is 21.9 Å². The molecule has 0 unspecified atom stereocenters. The first-order valence-electron chi connectivity index (χ1n) is 9.43. The second-order valence-electron chi connectivity index (χ2n) is 7.34. The number of carbonyl (C=O) groups excluding carboxylic acids is 1. The Morgan fingerprint density at radius 1 is 1.07 bits per heavy atom. The Morgan fingerprint density at radius 3 is 2.70 bits per heavy atom. The Morgan fingerprint density at radius 2 is 1.90 bits per heavy atom. The Kier molecular flexibility index (Phi) is 3.99. The average Bonchev–Trinajstić information content (AvgIpc) is 2.71. The Bertz CT molecular complexity index is 1460. The third-order valence-corrected chi connectivity index (χ3v) is 5.52. The maximum absolute atomic E-state index is 12.9. The number of carbonyl (C=O) groups is 1. The number of pyridine rings is 1. The summed E-state index contributed by atoms with van der Waals surface area (Å²) in [6, 6.07) is 11.9. The molecular formula is C23H17NO6. The SMILES string of the molecule is COc1ccc2[nH]c(=O)c([C@H]3CC(=O)Oc4ccc5c(C)cc(=O)oc5c43)cc2c1. The fourth-order valence-electron chi connectivity index (χ4n) is 4.09. The van der Waals surface area contributed by atoms with E-state index in [9.17, 15) is 14.4 Å². The predicted octanol–water partition coefficient (Wildman–Crippen LogP) is 3.39. The topological polar surface area (TPSA) is 98.6 Å². The van der Waals surface area contributed by atoms with E-state index in [1.807, 2.05) is 13.0 Å². The normalized spacial score (nSPS) is 15.8. The summed E-state index contributed by atoms with van der Waals surface area (Å²) in [7, 11) is 1.57. The molecule has 1 aliphatic rings. The quantitative estimate of drug-likeness (QED) is 0.313. The lowest BCUT2D eigenvalue weighted by Gasteiger charge is -2.25. The van der Waals surface area contributed by atoms with E-state index in [0.29, 0.717) is 33.7 Å². The van der Waals surface area contributed by atoms with Gasteiger partial charge in [0.1, 0.15) is 17.1 Å². The molecule has 0 saturated carbocycles. The maximum atomic E-state index is 12.9. The van der Waals surface area contributed by atoms with Gasteiger partial charge in [-0.3, -0.25) is 9.59 Å². The number of aromatic amines is 1. The number of aromatic nitrogens is 1. The van der Waals surface area contributed by atoms with Crippen LogP contribution in [0.15, 0.2) is 56.5 Å². The number of ether oxygens (including phenoxy) is 2. The van der Waals surface area contributed by atoms with E-state index in [2.05, 4.69) is 4.98 Å². The summed E-state index contributed by atoms with van der Waals surface area (Å²) < 4.78 is 16.2. The third kappa shape index (κ3) is 2.78. The molecule has 1 aliphatic heterocycles. The van der Waals surface area contributed by atoms with Crippen LogP contribution in [-0.4, -0.2) is 18.1 Å². The summed E-state index contributed by atoms with van der Waals surface area (Å²) in [6.45, 7) is 1.81. The summed E-state index contributed by atoms with van der Waals surface area (Å²) in [4.78, 5) is 40.2. The van der Waals surface area contributed by atoms with E-state index in [1.54, 1.807) is 37.4 Å². The molecule has 1 N–H and O–H groups in total. The number of aryl methyl sites for hydroxylation is 1. The van der Waals surface area contributed by atoms with Crippen LogP contribution in [0.4, 0.5) is 0 Å². The number of H-pyrrole nitrogens is 1. The fraction of sp³-hybridized carbons (Fsp3) is 0.174. The molecule has 3 heterocycles. The summed E-state index contributed by atoms with van der Waals surface area (Å²) in [6.07, 6.45) is -0.0394. The first kappa shape index (κ1) is 18.2. The van der Waals surface area contributed by atoms with Gasteiger partial charge in [0.2, 0.25) is 0 Å². The van der Waals surface area contributed by atoms with Gasteiger partial charge in [-0.15, -0.1) is 0 Å². The second kappa shape index (κ2) is 6.59. The molecule has 0 fully saturated rings. The van der Waals surface area contributed by atoms with Gasteiger partial charge in [0.05, 0.1) is 13.5 Å². The van der Waals surface area contributed by atoms with Crippen molar-refractivity contribution in [3.8, 4) is 11.5 Å². The van der Waals surface area contributed by atoms with Crippen molar-refractivity contribution >= 4 is 27.8 Å². The van der Waals surface area contributed by atoms with Crippen LogP contribution in [0, 0.1) is 6.92 Å². The number of hydrogen-bond donors (Lipinski definition) is 1. The molecule has 0 saturated heterocycles. The van der Waals surface area contributed by atoms with Crippen molar-refractivity contribution < 1.29 is 18.7 Å². The first-order valence-corrected chi connectivity index (χ1v) is 9.43. The third-order valence-electron chi connectivity index (χ3n) is 5.52. The van der Waals surface area contributed by atoms with Gasteiger partial charge in [-0.2, -0.15) is 0 Å². The van der Waals surface area contributed by atoms with Crippen molar-refractivity contribution in [2.45, 2.75) is 19.3 Å². The van der Waals surface area contributed by atoms with Crippen molar-refractivity contribution in [3.05, 3.63) is 79.9 Å². The molecule has 7 nitrogen and oxygen atoms in total. The molecule has 0 spiro atoms. The molecule has 30 heavy (non-hydrogen) atoms. The smallest absolute Gasteiger partial charge is 0.336 e. The van der Waals surface area contributed by atoms with Gasteiger partial charge in [0.25, 0.3) is 5.56 Å². The summed E-state index contributed by atoms with van der Waals surface area (Å²) in [5.41, 5.74) is 1.85. The highest BCUT2D eigenvalue weighted by molar-refractivity contribution is 5.90. The van der Waals surface area contributed by atoms with Gasteiger partial charge < -0.3 is 18.9 Å². The molecule has 1 atom stereocenters. The maximum Gasteiger partial charge on any atom is 0.336 e. The van der Waals surface area contributed by atoms with Crippen LogP contribution in [0.3, 0.4) is 0 Å².